The molecule has 3 saturated carbocycles. The van der Waals surface area contributed by atoms with Gasteiger partial charge in [0.2, 0.25) is 0 Å². The number of rotatable bonds is 3. The SMILES string of the molecule is CC(C)C(=O)C12CC(C(=O)O)(C1)C2. The summed E-state index contributed by atoms with van der Waals surface area (Å²) < 4.78 is 0. The van der Waals surface area contributed by atoms with E-state index in [1.165, 1.54) is 0 Å². The summed E-state index contributed by atoms with van der Waals surface area (Å²) in [5, 5.41) is 8.85. The Morgan fingerprint density at radius 1 is 1.15 bits per heavy atom. The molecule has 13 heavy (non-hydrogen) atoms. The average molecular weight is 182 g/mol. The maximum absolute atomic E-state index is 11.7. The number of hydrogen-bond donors (Lipinski definition) is 1. The van der Waals surface area contributed by atoms with Crippen LogP contribution in [-0.4, -0.2) is 16.9 Å². The molecule has 0 atom stereocenters. The maximum atomic E-state index is 11.7. The Kier molecular flexibility index (Phi) is 1.44. The van der Waals surface area contributed by atoms with Crippen LogP contribution >= 0.6 is 0 Å². The highest BCUT2D eigenvalue weighted by Crippen LogP contribution is 2.74. The van der Waals surface area contributed by atoms with Crippen LogP contribution in [0.2, 0.25) is 0 Å². The van der Waals surface area contributed by atoms with Crippen molar-refractivity contribution in [2.75, 3.05) is 0 Å². The number of carbonyl (C=O) groups is 2. The molecule has 3 rings (SSSR count). The molecule has 3 heteroatoms. The third-order valence-electron chi connectivity index (χ3n) is 3.53. The van der Waals surface area contributed by atoms with Gasteiger partial charge in [0.15, 0.2) is 0 Å². The largest absolute Gasteiger partial charge is 0.481 e. The number of aliphatic carboxylic acids is 1. The predicted molar refractivity (Wildman–Crippen MR) is 46.2 cm³/mol. The highest BCUT2D eigenvalue weighted by molar-refractivity contribution is 5.95. The highest BCUT2D eigenvalue weighted by atomic mass is 16.4. The summed E-state index contributed by atoms with van der Waals surface area (Å²) >= 11 is 0. The molecule has 0 aromatic heterocycles. The molecule has 72 valence electrons. The Balaban J connectivity index is 2.04. The van der Waals surface area contributed by atoms with Gasteiger partial charge in [0.1, 0.15) is 5.78 Å². The summed E-state index contributed by atoms with van der Waals surface area (Å²) in [7, 11) is 0. The van der Waals surface area contributed by atoms with E-state index in [-0.39, 0.29) is 17.1 Å². The van der Waals surface area contributed by atoms with Crippen molar-refractivity contribution in [3.05, 3.63) is 0 Å². The van der Waals surface area contributed by atoms with Crippen molar-refractivity contribution >= 4 is 11.8 Å². The van der Waals surface area contributed by atoms with Gasteiger partial charge in [0.25, 0.3) is 0 Å². The Morgan fingerprint density at radius 2 is 1.62 bits per heavy atom. The Labute approximate surface area is 77.1 Å². The van der Waals surface area contributed by atoms with Crippen LogP contribution in [0.5, 0.6) is 0 Å². The van der Waals surface area contributed by atoms with E-state index in [9.17, 15) is 9.59 Å². The van der Waals surface area contributed by atoms with E-state index in [4.69, 9.17) is 5.11 Å². The van der Waals surface area contributed by atoms with E-state index in [2.05, 4.69) is 0 Å². The van der Waals surface area contributed by atoms with E-state index in [0.29, 0.717) is 19.3 Å². The molecule has 0 spiro atoms. The molecule has 0 amide bonds. The number of ketones is 1. The van der Waals surface area contributed by atoms with Gasteiger partial charge in [0.05, 0.1) is 5.41 Å². The van der Waals surface area contributed by atoms with Gasteiger partial charge in [-0.15, -0.1) is 0 Å². The van der Waals surface area contributed by atoms with Crippen LogP contribution in [0.25, 0.3) is 0 Å². The van der Waals surface area contributed by atoms with Crippen molar-refractivity contribution < 1.29 is 14.7 Å². The maximum Gasteiger partial charge on any atom is 0.309 e. The summed E-state index contributed by atoms with van der Waals surface area (Å²) in [6.07, 6.45) is 1.77. The molecule has 1 N–H and O–H groups in total. The zero-order valence-electron chi connectivity index (χ0n) is 7.96. The van der Waals surface area contributed by atoms with Crippen LogP contribution in [-0.2, 0) is 9.59 Å². The normalized spacial score (nSPS) is 40.8. The van der Waals surface area contributed by atoms with Crippen molar-refractivity contribution in [2.45, 2.75) is 33.1 Å². The second-order valence-electron chi connectivity index (χ2n) is 4.92. The molecule has 3 aliphatic carbocycles. The molecule has 2 bridgehead atoms. The highest BCUT2D eigenvalue weighted by Gasteiger charge is 2.74. The summed E-state index contributed by atoms with van der Waals surface area (Å²) in [6.45, 7) is 3.77. The van der Waals surface area contributed by atoms with Crippen LogP contribution in [0.1, 0.15) is 33.1 Å². The van der Waals surface area contributed by atoms with Gasteiger partial charge in [-0.05, 0) is 19.3 Å². The van der Waals surface area contributed by atoms with Crippen molar-refractivity contribution in [1.29, 1.82) is 0 Å². The van der Waals surface area contributed by atoms with E-state index in [1.54, 1.807) is 0 Å². The van der Waals surface area contributed by atoms with Crippen molar-refractivity contribution in [2.24, 2.45) is 16.7 Å². The molecule has 3 aliphatic rings. The molecule has 0 aliphatic heterocycles. The first-order valence-electron chi connectivity index (χ1n) is 4.70. The number of Topliss-reactive ketones (excluding diaryl/α,β-unsaturated/α-hetero) is 1. The van der Waals surface area contributed by atoms with Gasteiger partial charge >= 0.3 is 5.97 Å². The van der Waals surface area contributed by atoms with E-state index >= 15 is 0 Å². The molecular weight excluding hydrogens is 168 g/mol. The standard InChI is InChI=1S/C10H14O3/c1-6(2)7(11)9-3-10(4-9,5-9)8(12)13/h6H,3-5H2,1-2H3,(H,12,13). The summed E-state index contributed by atoms with van der Waals surface area (Å²) in [6, 6.07) is 0. The number of carboxylic acids is 1. The zero-order valence-corrected chi connectivity index (χ0v) is 7.96. The first-order chi connectivity index (χ1) is 5.92. The van der Waals surface area contributed by atoms with Gasteiger partial charge in [-0.25, -0.2) is 0 Å². The number of carbonyl (C=O) groups excluding carboxylic acids is 1. The van der Waals surface area contributed by atoms with E-state index in [0.717, 1.165) is 0 Å². The summed E-state index contributed by atoms with van der Waals surface area (Å²) in [4.78, 5) is 22.4. The van der Waals surface area contributed by atoms with Crippen molar-refractivity contribution in [3.63, 3.8) is 0 Å². The monoisotopic (exact) mass is 182 g/mol. The number of hydrogen-bond acceptors (Lipinski definition) is 2. The minimum Gasteiger partial charge on any atom is -0.481 e. The van der Waals surface area contributed by atoms with Crippen LogP contribution in [0.4, 0.5) is 0 Å². The minimum absolute atomic E-state index is 0.0482. The lowest BCUT2D eigenvalue weighted by atomic mass is 9.33. The fraction of sp³-hybridized carbons (Fsp3) is 0.800. The molecule has 0 heterocycles. The van der Waals surface area contributed by atoms with Gasteiger partial charge in [-0.3, -0.25) is 9.59 Å². The minimum atomic E-state index is -0.717. The lowest BCUT2D eigenvalue weighted by molar-refractivity contribution is -0.220. The van der Waals surface area contributed by atoms with Crippen molar-refractivity contribution in [1.82, 2.24) is 0 Å². The van der Waals surface area contributed by atoms with E-state index < -0.39 is 11.4 Å². The molecule has 0 aromatic rings. The molecule has 0 saturated heterocycles. The topological polar surface area (TPSA) is 54.4 Å². The van der Waals surface area contributed by atoms with Crippen LogP contribution in [0.15, 0.2) is 0 Å². The third-order valence-corrected chi connectivity index (χ3v) is 3.53. The molecule has 0 aromatic carbocycles. The number of carboxylic acid groups (broad SMARTS) is 1. The summed E-state index contributed by atoms with van der Waals surface area (Å²) in [5.74, 6) is -0.409. The lowest BCUT2D eigenvalue weighted by Gasteiger charge is -2.67. The van der Waals surface area contributed by atoms with Crippen LogP contribution in [0, 0.1) is 16.7 Å². The van der Waals surface area contributed by atoms with Gasteiger partial charge < -0.3 is 5.11 Å². The first kappa shape index (κ1) is 8.73. The van der Waals surface area contributed by atoms with Crippen molar-refractivity contribution in [3.8, 4) is 0 Å². The van der Waals surface area contributed by atoms with Crippen LogP contribution < -0.4 is 0 Å². The predicted octanol–water partition coefficient (Wildman–Crippen LogP) is 1.47. The molecule has 3 nitrogen and oxygen atoms in total. The first-order valence-corrected chi connectivity index (χ1v) is 4.70. The van der Waals surface area contributed by atoms with E-state index in [1.807, 2.05) is 13.8 Å². The Hall–Kier alpha value is -0.860. The lowest BCUT2D eigenvalue weighted by Crippen LogP contribution is -2.69. The molecule has 3 fully saturated rings. The fourth-order valence-corrected chi connectivity index (χ4v) is 2.89. The fourth-order valence-electron chi connectivity index (χ4n) is 2.89. The summed E-state index contributed by atoms with van der Waals surface area (Å²) in [5.41, 5.74) is -0.739. The quantitative estimate of drug-likeness (QED) is 0.719. The van der Waals surface area contributed by atoms with Crippen LogP contribution in [0.3, 0.4) is 0 Å². The molecule has 0 radical (unpaired) electrons. The van der Waals surface area contributed by atoms with Gasteiger partial charge in [-0.1, -0.05) is 13.8 Å². The van der Waals surface area contributed by atoms with Gasteiger partial charge in [-0.2, -0.15) is 0 Å². The smallest absolute Gasteiger partial charge is 0.309 e. The second-order valence-corrected chi connectivity index (χ2v) is 4.92. The van der Waals surface area contributed by atoms with Gasteiger partial charge in [0, 0.05) is 11.3 Å². The Bertz CT molecular complexity index is 271. The zero-order chi connectivity index (χ0) is 9.85. The third kappa shape index (κ3) is 0.847. The Morgan fingerprint density at radius 3 is 1.92 bits per heavy atom. The average Bonchev–Trinajstić information content (AvgIpc) is 1.79. The molecule has 0 unspecified atom stereocenters. The second kappa shape index (κ2) is 2.14. The molecular formula is C10H14O3.